The monoisotopic (exact) mass is 366 g/mol. The van der Waals surface area contributed by atoms with Gasteiger partial charge in [-0.2, -0.15) is 0 Å². The summed E-state index contributed by atoms with van der Waals surface area (Å²) in [5, 5.41) is 9.76. The van der Waals surface area contributed by atoms with Crippen LogP contribution in [0.1, 0.15) is 10.4 Å². The fraction of sp³-hybridized carbons (Fsp3) is 0. The van der Waals surface area contributed by atoms with Gasteiger partial charge in [0.25, 0.3) is 0 Å². The Morgan fingerprint density at radius 2 is 1.84 bits per heavy atom. The van der Waals surface area contributed by atoms with Gasteiger partial charge in [-0.25, -0.2) is 9.97 Å². The van der Waals surface area contributed by atoms with E-state index in [4.69, 9.17) is 11.6 Å². The van der Waals surface area contributed by atoms with Crippen LogP contribution in [0.25, 0.3) is 22.3 Å². The predicted molar refractivity (Wildman–Crippen MR) is 98.1 cm³/mol. The summed E-state index contributed by atoms with van der Waals surface area (Å²) in [5.41, 5.74) is 2.22. The minimum atomic E-state index is 0.496. The third-order valence-corrected chi connectivity index (χ3v) is 4.75. The molecular weight excluding hydrogens is 356 g/mol. The van der Waals surface area contributed by atoms with Crippen molar-refractivity contribution >= 4 is 40.6 Å². The van der Waals surface area contributed by atoms with E-state index in [1.807, 2.05) is 42.5 Å². The van der Waals surface area contributed by atoms with Gasteiger partial charge in [-0.15, -0.1) is 5.10 Å². The number of nitrogens with one attached hydrogen (secondary N) is 1. The number of aromatic nitrogens is 4. The van der Waals surface area contributed by atoms with Crippen molar-refractivity contribution in [3.63, 3.8) is 0 Å². The molecule has 0 aliphatic carbocycles. The number of hydrogen-bond donors (Lipinski definition) is 1. The smallest absolute Gasteiger partial charge is 0.215 e. The number of para-hydroxylation sites is 1. The zero-order chi connectivity index (χ0) is 17.2. The first-order valence-electron chi connectivity index (χ1n) is 7.44. The fourth-order valence-corrected chi connectivity index (χ4v) is 3.29. The van der Waals surface area contributed by atoms with Crippen LogP contribution in [0, 0.1) is 0 Å². The van der Waals surface area contributed by atoms with E-state index < -0.39 is 0 Å². The molecule has 0 bridgehead atoms. The van der Waals surface area contributed by atoms with E-state index in [1.165, 1.54) is 11.8 Å². The van der Waals surface area contributed by atoms with Crippen molar-refractivity contribution in [2.75, 3.05) is 0 Å². The number of rotatable bonds is 4. The lowest BCUT2D eigenvalue weighted by molar-refractivity contribution is 0.112. The summed E-state index contributed by atoms with van der Waals surface area (Å²) in [6.07, 6.45) is 0.800. The first-order chi connectivity index (χ1) is 12.2. The molecule has 2 heterocycles. The Hall–Kier alpha value is -2.70. The zero-order valence-electron chi connectivity index (χ0n) is 12.8. The van der Waals surface area contributed by atoms with E-state index >= 15 is 0 Å². The van der Waals surface area contributed by atoms with Crippen LogP contribution < -0.4 is 0 Å². The van der Waals surface area contributed by atoms with Crippen molar-refractivity contribution in [3.05, 3.63) is 65.2 Å². The van der Waals surface area contributed by atoms with Crippen LogP contribution in [0.5, 0.6) is 0 Å². The van der Waals surface area contributed by atoms with Gasteiger partial charge in [0.1, 0.15) is 5.03 Å². The molecule has 122 valence electrons. The molecular formula is C18H11ClN4OS. The predicted octanol–water partition coefficient (Wildman–Crippen LogP) is 4.64. The molecule has 0 fully saturated rings. The Balaban J connectivity index is 1.67. The molecule has 2 aromatic carbocycles. The number of fused-ring (bicyclic) bond motifs is 1. The molecule has 0 saturated heterocycles. The molecule has 0 amide bonds. The van der Waals surface area contributed by atoms with Crippen LogP contribution in [-0.2, 0) is 0 Å². The number of pyridine rings is 1. The van der Waals surface area contributed by atoms with E-state index in [9.17, 15) is 4.79 Å². The average molecular weight is 367 g/mol. The minimum Gasteiger partial charge on any atom is -0.298 e. The molecule has 7 heteroatoms. The van der Waals surface area contributed by atoms with Crippen LogP contribution in [0.3, 0.4) is 0 Å². The fourth-order valence-electron chi connectivity index (χ4n) is 2.40. The van der Waals surface area contributed by atoms with Crippen molar-refractivity contribution in [3.8, 4) is 11.4 Å². The maximum absolute atomic E-state index is 11.4. The van der Waals surface area contributed by atoms with Crippen molar-refractivity contribution in [2.24, 2.45) is 0 Å². The molecule has 1 N–H and O–H groups in total. The molecule has 25 heavy (non-hydrogen) atoms. The van der Waals surface area contributed by atoms with Crippen LogP contribution in [0.4, 0.5) is 0 Å². The van der Waals surface area contributed by atoms with Gasteiger partial charge in [0.15, 0.2) is 12.1 Å². The van der Waals surface area contributed by atoms with Crippen molar-refractivity contribution in [1.82, 2.24) is 20.2 Å². The number of hydrogen-bond acceptors (Lipinski definition) is 5. The summed E-state index contributed by atoms with van der Waals surface area (Å²) in [5.74, 6) is 0.632. The molecule has 0 unspecified atom stereocenters. The quantitative estimate of drug-likeness (QED) is 0.533. The summed E-state index contributed by atoms with van der Waals surface area (Å²) >= 11 is 7.15. The number of benzene rings is 2. The number of carbonyl (C=O) groups is 1. The molecule has 4 aromatic rings. The summed E-state index contributed by atoms with van der Waals surface area (Å²) in [4.78, 5) is 20.4. The molecule has 0 radical (unpaired) electrons. The average Bonchev–Trinajstić information content (AvgIpc) is 3.10. The van der Waals surface area contributed by atoms with Gasteiger partial charge in [0.05, 0.1) is 5.52 Å². The molecule has 0 aliphatic heterocycles. The SMILES string of the molecule is O=Cc1cc2ccccc2nc1Sc1n[nH]c(-c2ccc(Cl)cc2)n1. The van der Waals surface area contributed by atoms with Gasteiger partial charge in [0, 0.05) is 21.5 Å². The van der Waals surface area contributed by atoms with E-state index in [0.29, 0.717) is 26.6 Å². The number of nitrogens with zero attached hydrogens (tertiary/aromatic N) is 3. The Morgan fingerprint density at radius 3 is 2.64 bits per heavy atom. The van der Waals surface area contributed by atoms with Gasteiger partial charge >= 0.3 is 0 Å². The van der Waals surface area contributed by atoms with E-state index in [0.717, 1.165) is 22.8 Å². The molecule has 0 saturated carbocycles. The second-order valence-electron chi connectivity index (χ2n) is 5.27. The number of carbonyl (C=O) groups excluding carboxylic acids is 1. The van der Waals surface area contributed by atoms with Gasteiger partial charge in [-0.05, 0) is 48.2 Å². The summed E-state index contributed by atoms with van der Waals surface area (Å²) < 4.78 is 0. The maximum Gasteiger partial charge on any atom is 0.215 e. The normalized spacial score (nSPS) is 10.9. The van der Waals surface area contributed by atoms with E-state index in [-0.39, 0.29) is 0 Å². The largest absolute Gasteiger partial charge is 0.298 e. The Kier molecular flexibility index (Phi) is 4.21. The van der Waals surface area contributed by atoms with Crippen LogP contribution in [0.15, 0.2) is 64.8 Å². The molecule has 0 atom stereocenters. The third kappa shape index (κ3) is 3.26. The third-order valence-electron chi connectivity index (χ3n) is 3.61. The highest BCUT2D eigenvalue weighted by Gasteiger charge is 2.12. The molecule has 5 nitrogen and oxygen atoms in total. The van der Waals surface area contributed by atoms with Gasteiger partial charge < -0.3 is 0 Å². The summed E-state index contributed by atoms with van der Waals surface area (Å²) in [6.45, 7) is 0. The first kappa shape index (κ1) is 15.8. The lowest BCUT2D eigenvalue weighted by atomic mass is 10.2. The molecule has 4 rings (SSSR count). The lowest BCUT2D eigenvalue weighted by Gasteiger charge is -2.03. The number of H-pyrrole nitrogens is 1. The Bertz CT molecular complexity index is 1060. The van der Waals surface area contributed by atoms with E-state index in [2.05, 4.69) is 20.2 Å². The van der Waals surface area contributed by atoms with Crippen LogP contribution in [-0.4, -0.2) is 26.5 Å². The standard InChI is InChI=1S/C18H11ClN4OS/c19-14-7-5-11(6-8-14)16-21-18(23-22-16)25-17-13(10-24)9-12-3-1-2-4-15(12)20-17/h1-10H,(H,21,22,23). The van der Waals surface area contributed by atoms with Gasteiger partial charge in [-0.3, -0.25) is 9.89 Å². The number of aromatic amines is 1. The highest BCUT2D eigenvalue weighted by atomic mass is 35.5. The Morgan fingerprint density at radius 1 is 1.04 bits per heavy atom. The summed E-state index contributed by atoms with van der Waals surface area (Å²) in [6, 6.07) is 16.8. The van der Waals surface area contributed by atoms with Crippen LogP contribution in [0.2, 0.25) is 5.02 Å². The minimum absolute atomic E-state index is 0.496. The topological polar surface area (TPSA) is 71.5 Å². The maximum atomic E-state index is 11.4. The second kappa shape index (κ2) is 6.66. The zero-order valence-corrected chi connectivity index (χ0v) is 14.4. The van der Waals surface area contributed by atoms with Gasteiger partial charge in [-0.1, -0.05) is 29.8 Å². The molecule has 2 aromatic heterocycles. The van der Waals surface area contributed by atoms with Crippen LogP contribution >= 0.6 is 23.4 Å². The van der Waals surface area contributed by atoms with Gasteiger partial charge in [0.2, 0.25) is 5.16 Å². The lowest BCUT2D eigenvalue weighted by Crippen LogP contribution is -1.92. The second-order valence-corrected chi connectivity index (χ2v) is 6.66. The summed E-state index contributed by atoms with van der Waals surface area (Å²) in [7, 11) is 0. The van der Waals surface area contributed by atoms with Crippen molar-refractivity contribution in [2.45, 2.75) is 10.2 Å². The highest BCUT2D eigenvalue weighted by Crippen LogP contribution is 2.29. The molecule has 0 spiro atoms. The van der Waals surface area contributed by atoms with E-state index in [1.54, 1.807) is 12.1 Å². The first-order valence-corrected chi connectivity index (χ1v) is 8.63. The number of halogens is 1. The Labute approximate surface area is 152 Å². The van der Waals surface area contributed by atoms with Crippen molar-refractivity contribution < 1.29 is 4.79 Å². The number of aldehydes is 1. The highest BCUT2D eigenvalue weighted by molar-refractivity contribution is 7.99. The van der Waals surface area contributed by atoms with Crippen molar-refractivity contribution in [1.29, 1.82) is 0 Å². The molecule has 0 aliphatic rings.